The molecule has 0 aromatic heterocycles. The summed E-state index contributed by atoms with van der Waals surface area (Å²) in [6, 6.07) is 19.4. The fraction of sp³-hybridized carbons (Fsp3) is 0.158. The van der Waals surface area contributed by atoms with Crippen LogP contribution in [0.2, 0.25) is 0 Å². The second-order valence-corrected chi connectivity index (χ2v) is 5.12. The molecule has 0 amide bonds. The molecule has 3 aromatic rings. The molecule has 0 aliphatic carbocycles. The molecule has 22 heavy (non-hydrogen) atoms. The van der Waals surface area contributed by atoms with Crippen molar-refractivity contribution < 1.29 is 14.9 Å². The number of rotatable bonds is 5. The van der Waals surface area contributed by atoms with Gasteiger partial charge in [-0.05, 0) is 35.6 Å². The standard InChI is InChI=1S/C19H18O3/c20-11-10-14-12-15(13-21)19(18-9-5-4-8-17(14)18)22-16-6-2-1-3-7-16/h1-9,12,20-21H,10-11,13H2. The molecular weight excluding hydrogens is 276 g/mol. The quantitative estimate of drug-likeness (QED) is 0.755. The molecule has 3 rings (SSSR count). The molecule has 0 aliphatic rings. The van der Waals surface area contributed by atoms with Crippen molar-refractivity contribution in [3.8, 4) is 11.5 Å². The van der Waals surface area contributed by atoms with Crippen molar-refractivity contribution in [2.75, 3.05) is 6.61 Å². The van der Waals surface area contributed by atoms with Gasteiger partial charge >= 0.3 is 0 Å². The third-order valence-electron chi connectivity index (χ3n) is 3.67. The van der Waals surface area contributed by atoms with Crippen molar-refractivity contribution in [2.45, 2.75) is 13.0 Å². The summed E-state index contributed by atoms with van der Waals surface area (Å²) in [6.45, 7) is -0.0286. The Labute approximate surface area is 129 Å². The number of hydrogen-bond donors (Lipinski definition) is 2. The maximum absolute atomic E-state index is 9.71. The first-order valence-electron chi connectivity index (χ1n) is 7.31. The second kappa shape index (κ2) is 6.60. The Morgan fingerprint density at radius 2 is 1.45 bits per heavy atom. The summed E-state index contributed by atoms with van der Waals surface area (Å²) in [4.78, 5) is 0. The summed E-state index contributed by atoms with van der Waals surface area (Å²) in [6.07, 6.45) is 0.555. The zero-order chi connectivity index (χ0) is 15.4. The fourth-order valence-corrected chi connectivity index (χ4v) is 2.66. The molecule has 0 heterocycles. The zero-order valence-electron chi connectivity index (χ0n) is 12.2. The topological polar surface area (TPSA) is 49.7 Å². The predicted molar refractivity (Wildman–Crippen MR) is 87.2 cm³/mol. The van der Waals surface area contributed by atoms with Gasteiger partial charge in [-0.15, -0.1) is 0 Å². The van der Waals surface area contributed by atoms with Crippen molar-refractivity contribution in [3.63, 3.8) is 0 Å². The van der Waals surface area contributed by atoms with E-state index in [9.17, 15) is 10.2 Å². The molecule has 112 valence electrons. The van der Waals surface area contributed by atoms with Crippen LogP contribution in [0, 0.1) is 0 Å². The second-order valence-electron chi connectivity index (χ2n) is 5.12. The third kappa shape index (κ3) is 2.82. The molecule has 0 atom stereocenters. The van der Waals surface area contributed by atoms with Crippen molar-refractivity contribution in [2.24, 2.45) is 0 Å². The molecule has 0 saturated heterocycles. The summed E-state index contributed by atoms with van der Waals surface area (Å²) in [5.74, 6) is 1.41. The molecule has 2 N–H and O–H groups in total. The minimum atomic E-state index is -0.106. The minimum absolute atomic E-state index is 0.0771. The van der Waals surface area contributed by atoms with E-state index in [0.717, 1.165) is 27.6 Å². The van der Waals surface area contributed by atoms with Gasteiger partial charge in [-0.3, -0.25) is 0 Å². The summed E-state index contributed by atoms with van der Waals surface area (Å²) in [7, 11) is 0. The zero-order valence-corrected chi connectivity index (χ0v) is 12.2. The largest absolute Gasteiger partial charge is 0.456 e. The summed E-state index contributed by atoms with van der Waals surface area (Å²) < 4.78 is 6.02. The van der Waals surface area contributed by atoms with Gasteiger partial charge in [0.05, 0.1) is 6.61 Å². The van der Waals surface area contributed by atoms with Gasteiger partial charge < -0.3 is 14.9 Å². The van der Waals surface area contributed by atoms with E-state index in [1.807, 2.05) is 60.7 Å². The van der Waals surface area contributed by atoms with Crippen molar-refractivity contribution in [1.29, 1.82) is 0 Å². The maximum atomic E-state index is 9.71. The van der Waals surface area contributed by atoms with Crippen LogP contribution in [0.3, 0.4) is 0 Å². The first-order chi connectivity index (χ1) is 10.8. The van der Waals surface area contributed by atoms with Gasteiger partial charge in [-0.1, -0.05) is 42.5 Å². The van der Waals surface area contributed by atoms with E-state index in [4.69, 9.17) is 4.74 Å². The third-order valence-corrected chi connectivity index (χ3v) is 3.67. The lowest BCUT2D eigenvalue weighted by Gasteiger charge is -2.16. The fourth-order valence-electron chi connectivity index (χ4n) is 2.66. The minimum Gasteiger partial charge on any atom is -0.456 e. The van der Waals surface area contributed by atoms with Gasteiger partial charge in [-0.25, -0.2) is 0 Å². The Morgan fingerprint density at radius 3 is 2.14 bits per heavy atom. The normalized spacial score (nSPS) is 10.8. The van der Waals surface area contributed by atoms with E-state index < -0.39 is 0 Å². The molecule has 3 nitrogen and oxygen atoms in total. The highest BCUT2D eigenvalue weighted by Gasteiger charge is 2.13. The molecule has 0 aliphatic heterocycles. The van der Waals surface area contributed by atoms with Crippen molar-refractivity contribution in [3.05, 3.63) is 71.8 Å². The van der Waals surface area contributed by atoms with Crippen LogP contribution < -0.4 is 4.74 Å². The van der Waals surface area contributed by atoms with E-state index in [2.05, 4.69) is 0 Å². The molecule has 3 heteroatoms. The lowest BCUT2D eigenvalue weighted by molar-refractivity contribution is 0.276. The maximum Gasteiger partial charge on any atom is 0.140 e. The Hall–Kier alpha value is -2.36. The highest BCUT2D eigenvalue weighted by atomic mass is 16.5. The van der Waals surface area contributed by atoms with Gasteiger partial charge in [0.1, 0.15) is 11.5 Å². The van der Waals surface area contributed by atoms with Crippen molar-refractivity contribution in [1.82, 2.24) is 0 Å². The number of aliphatic hydroxyl groups excluding tert-OH is 2. The molecule has 0 radical (unpaired) electrons. The van der Waals surface area contributed by atoms with E-state index in [1.54, 1.807) is 0 Å². The Kier molecular flexibility index (Phi) is 4.37. The lowest BCUT2D eigenvalue weighted by atomic mass is 9.98. The number of aliphatic hydroxyl groups is 2. The highest BCUT2D eigenvalue weighted by molar-refractivity contribution is 5.92. The van der Waals surface area contributed by atoms with Gasteiger partial charge in [0.15, 0.2) is 0 Å². The Morgan fingerprint density at radius 1 is 0.773 bits per heavy atom. The number of benzene rings is 3. The van der Waals surface area contributed by atoms with E-state index in [-0.39, 0.29) is 13.2 Å². The highest BCUT2D eigenvalue weighted by Crippen LogP contribution is 2.36. The lowest BCUT2D eigenvalue weighted by Crippen LogP contribution is -1.99. The molecule has 0 fully saturated rings. The molecule has 3 aromatic carbocycles. The summed E-state index contributed by atoms with van der Waals surface area (Å²) in [5.41, 5.74) is 1.74. The summed E-state index contributed by atoms with van der Waals surface area (Å²) in [5, 5.41) is 20.9. The summed E-state index contributed by atoms with van der Waals surface area (Å²) >= 11 is 0. The smallest absolute Gasteiger partial charge is 0.140 e. The van der Waals surface area contributed by atoms with Gasteiger partial charge in [0.25, 0.3) is 0 Å². The first kappa shape index (κ1) is 14.6. The van der Waals surface area contributed by atoms with Crippen LogP contribution in [0.15, 0.2) is 60.7 Å². The van der Waals surface area contributed by atoms with Crippen LogP contribution in [0.5, 0.6) is 11.5 Å². The molecule has 0 saturated carbocycles. The number of para-hydroxylation sites is 1. The van der Waals surface area contributed by atoms with Crippen LogP contribution in [0.1, 0.15) is 11.1 Å². The molecular formula is C19H18O3. The van der Waals surface area contributed by atoms with E-state index in [1.165, 1.54) is 0 Å². The van der Waals surface area contributed by atoms with Crippen LogP contribution in [-0.4, -0.2) is 16.8 Å². The van der Waals surface area contributed by atoms with Gasteiger partial charge in [-0.2, -0.15) is 0 Å². The van der Waals surface area contributed by atoms with E-state index in [0.29, 0.717) is 12.2 Å². The average molecular weight is 294 g/mol. The number of ether oxygens (including phenoxy) is 1. The monoisotopic (exact) mass is 294 g/mol. The number of hydrogen-bond acceptors (Lipinski definition) is 3. The Bertz CT molecular complexity index is 766. The van der Waals surface area contributed by atoms with Crippen LogP contribution in [0.25, 0.3) is 10.8 Å². The number of fused-ring (bicyclic) bond motifs is 1. The average Bonchev–Trinajstić information content (AvgIpc) is 2.58. The van der Waals surface area contributed by atoms with Gasteiger partial charge in [0.2, 0.25) is 0 Å². The van der Waals surface area contributed by atoms with Crippen LogP contribution in [-0.2, 0) is 13.0 Å². The first-order valence-corrected chi connectivity index (χ1v) is 7.31. The van der Waals surface area contributed by atoms with Crippen LogP contribution in [0.4, 0.5) is 0 Å². The van der Waals surface area contributed by atoms with Crippen molar-refractivity contribution >= 4 is 10.8 Å². The molecule has 0 bridgehead atoms. The SMILES string of the molecule is OCCc1cc(CO)c(Oc2ccccc2)c2ccccc12. The molecule has 0 unspecified atom stereocenters. The predicted octanol–water partition coefficient (Wildman–Crippen LogP) is 3.66. The van der Waals surface area contributed by atoms with Crippen LogP contribution >= 0.6 is 0 Å². The van der Waals surface area contributed by atoms with Gasteiger partial charge in [0, 0.05) is 17.6 Å². The Balaban J connectivity index is 2.17. The van der Waals surface area contributed by atoms with E-state index >= 15 is 0 Å². The molecule has 0 spiro atoms.